The molecule has 2 heterocycles. The van der Waals surface area contributed by atoms with Crippen molar-refractivity contribution in [1.29, 1.82) is 0 Å². The van der Waals surface area contributed by atoms with Crippen LogP contribution in [0.4, 0.5) is 4.79 Å². The van der Waals surface area contributed by atoms with E-state index in [2.05, 4.69) is 25.9 Å². The Morgan fingerprint density at radius 3 is 2.71 bits per heavy atom. The SMILES string of the molecule is COc1ccc(-c2ccnc(CNC(=O)NCC3CC(Cc4ccc(Cl)c(Cl)c4)CN3)n2)cc1. The molecule has 3 N–H and O–H groups in total. The van der Waals surface area contributed by atoms with Gasteiger partial charge in [0.15, 0.2) is 0 Å². The Hall–Kier alpha value is -2.87. The first-order valence-electron chi connectivity index (χ1n) is 11.2. The fourth-order valence-electron chi connectivity index (χ4n) is 4.06. The van der Waals surface area contributed by atoms with E-state index in [1.807, 2.05) is 48.5 Å². The number of carbonyl (C=O) groups excluding carboxylic acids is 1. The average molecular weight is 500 g/mol. The molecular formula is C25H27Cl2N5O2. The van der Waals surface area contributed by atoms with Crippen molar-refractivity contribution in [2.24, 2.45) is 5.92 Å². The van der Waals surface area contributed by atoms with Gasteiger partial charge in [-0.1, -0.05) is 29.3 Å². The lowest BCUT2D eigenvalue weighted by molar-refractivity contribution is 0.239. The van der Waals surface area contributed by atoms with Crippen molar-refractivity contribution in [3.05, 3.63) is 76.2 Å². The van der Waals surface area contributed by atoms with Crippen molar-refractivity contribution < 1.29 is 9.53 Å². The third-order valence-corrected chi connectivity index (χ3v) is 6.57. The molecule has 3 aromatic rings. The summed E-state index contributed by atoms with van der Waals surface area (Å²) in [6.45, 7) is 1.70. The fourth-order valence-corrected chi connectivity index (χ4v) is 4.38. The number of hydrogen-bond acceptors (Lipinski definition) is 5. The number of methoxy groups -OCH3 is 1. The summed E-state index contributed by atoms with van der Waals surface area (Å²) in [5.41, 5.74) is 2.92. The zero-order valence-electron chi connectivity index (χ0n) is 18.9. The number of nitrogens with zero attached hydrogens (tertiary/aromatic N) is 2. The minimum Gasteiger partial charge on any atom is -0.497 e. The second kappa shape index (κ2) is 11.5. The highest BCUT2D eigenvalue weighted by Crippen LogP contribution is 2.26. The molecule has 0 bridgehead atoms. The molecule has 2 amide bonds. The standard InChI is InChI=1S/C25H27Cl2N5O2/c1-34-20-5-3-18(4-6-20)23-8-9-28-24(32-23)15-31-25(33)30-14-19-11-17(13-29-19)10-16-2-7-21(26)22(27)12-16/h2-9,12,17,19,29H,10-11,13-15H2,1H3,(H2,30,31,33). The van der Waals surface area contributed by atoms with Gasteiger partial charge in [0.1, 0.15) is 11.6 Å². The Kier molecular flexibility index (Phi) is 8.21. The maximum absolute atomic E-state index is 12.3. The van der Waals surface area contributed by atoms with Gasteiger partial charge in [0.25, 0.3) is 0 Å². The first kappa shape index (κ1) is 24.3. The van der Waals surface area contributed by atoms with Gasteiger partial charge in [0.2, 0.25) is 0 Å². The van der Waals surface area contributed by atoms with Gasteiger partial charge in [-0.05, 0) is 73.3 Å². The van der Waals surface area contributed by atoms with E-state index in [-0.39, 0.29) is 18.6 Å². The van der Waals surface area contributed by atoms with Gasteiger partial charge in [0.05, 0.1) is 29.4 Å². The van der Waals surface area contributed by atoms with Crippen LogP contribution in [-0.2, 0) is 13.0 Å². The number of rotatable bonds is 8. The van der Waals surface area contributed by atoms with Gasteiger partial charge >= 0.3 is 6.03 Å². The van der Waals surface area contributed by atoms with Crippen molar-refractivity contribution in [3.63, 3.8) is 0 Å². The van der Waals surface area contributed by atoms with E-state index in [9.17, 15) is 4.79 Å². The Labute approximate surface area is 209 Å². The van der Waals surface area contributed by atoms with E-state index < -0.39 is 0 Å². The van der Waals surface area contributed by atoms with Crippen molar-refractivity contribution in [1.82, 2.24) is 25.9 Å². The molecule has 0 spiro atoms. The quantitative estimate of drug-likeness (QED) is 0.425. The molecule has 1 aromatic heterocycles. The molecule has 178 valence electrons. The van der Waals surface area contributed by atoms with E-state index in [1.54, 1.807) is 13.3 Å². The first-order valence-corrected chi connectivity index (χ1v) is 11.9. The third kappa shape index (κ3) is 6.59. The highest BCUT2D eigenvalue weighted by atomic mass is 35.5. The summed E-state index contributed by atoms with van der Waals surface area (Å²) in [4.78, 5) is 21.1. The molecule has 2 atom stereocenters. The third-order valence-electron chi connectivity index (χ3n) is 5.83. The van der Waals surface area contributed by atoms with Crippen LogP contribution in [0.15, 0.2) is 54.7 Å². The largest absolute Gasteiger partial charge is 0.497 e. The Balaban J connectivity index is 1.20. The minimum absolute atomic E-state index is 0.230. The normalized spacial score (nSPS) is 17.4. The monoisotopic (exact) mass is 499 g/mol. The van der Waals surface area contributed by atoms with Crippen molar-refractivity contribution in [3.8, 4) is 17.0 Å². The number of benzene rings is 2. The zero-order chi connectivity index (χ0) is 23.9. The smallest absolute Gasteiger partial charge is 0.315 e. The van der Waals surface area contributed by atoms with Crippen molar-refractivity contribution in [2.45, 2.75) is 25.4 Å². The van der Waals surface area contributed by atoms with E-state index in [0.717, 1.165) is 36.4 Å². The number of carbonyl (C=O) groups is 1. The van der Waals surface area contributed by atoms with Gasteiger partial charge in [-0.2, -0.15) is 0 Å². The Morgan fingerprint density at radius 2 is 1.94 bits per heavy atom. The van der Waals surface area contributed by atoms with E-state index in [1.165, 1.54) is 5.56 Å². The van der Waals surface area contributed by atoms with Crippen LogP contribution in [-0.4, -0.2) is 42.2 Å². The molecule has 2 unspecified atom stereocenters. The number of halogens is 2. The van der Waals surface area contributed by atoms with E-state index in [0.29, 0.717) is 28.3 Å². The average Bonchev–Trinajstić information content (AvgIpc) is 3.31. The maximum atomic E-state index is 12.3. The van der Waals surface area contributed by atoms with Crippen LogP contribution >= 0.6 is 23.2 Å². The summed E-state index contributed by atoms with van der Waals surface area (Å²) in [6.07, 6.45) is 3.60. The Morgan fingerprint density at radius 1 is 1.12 bits per heavy atom. The van der Waals surface area contributed by atoms with Crippen LogP contribution in [0.3, 0.4) is 0 Å². The van der Waals surface area contributed by atoms with Crippen molar-refractivity contribution >= 4 is 29.2 Å². The van der Waals surface area contributed by atoms with Crippen molar-refractivity contribution in [2.75, 3.05) is 20.2 Å². The predicted molar refractivity (Wildman–Crippen MR) is 134 cm³/mol. The molecule has 0 aliphatic carbocycles. The molecule has 0 saturated carbocycles. The van der Waals surface area contributed by atoms with Crippen LogP contribution in [0.2, 0.25) is 10.0 Å². The number of hydrogen-bond donors (Lipinski definition) is 3. The highest BCUT2D eigenvalue weighted by Gasteiger charge is 2.24. The molecule has 9 heteroatoms. The van der Waals surface area contributed by atoms with Gasteiger partial charge < -0.3 is 20.7 Å². The number of urea groups is 1. The summed E-state index contributed by atoms with van der Waals surface area (Å²) in [5, 5.41) is 10.4. The molecule has 1 aliphatic rings. The lowest BCUT2D eigenvalue weighted by Gasteiger charge is -2.13. The molecule has 1 aliphatic heterocycles. The number of ether oxygens (including phenoxy) is 1. The minimum atomic E-state index is -0.242. The molecule has 34 heavy (non-hydrogen) atoms. The van der Waals surface area contributed by atoms with Gasteiger partial charge in [-0.25, -0.2) is 14.8 Å². The molecular weight excluding hydrogens is 473 g/mol. The number of amides is 2. The molecule has 0 radical (unpaired) electrons. The van der Waals surface area contributed by atoms with Gasteiger partial charge in [-0.15, -0.1) is 0 Å². The zero-order valence-corrected chi connectivity index (χ0v) is 20.4. The lowest BCUT2D eigenvalue weighted by atomic mass is 9.97. The fraction of sp³-hybridized carbons (Fsp3) is 0.320. The Bertz CT molecular complexity index is 1130. The van der Waals surface area contributed by atoms with Crippen LogP contribution < -0.4 is 20.7 Å². The summed E-state index contributed by atoms with van der Waals surface area (Å²) in [6, 6.07) is 15.2. The molecule has 7 nitrogen and oxygen atoms in total. The maximum Gasteiger partial charge on any atom is 0.315 e. The van der Waals surface area contributed by atoms with Crippen LogP contribution in [0.1, 0.15) is 17.8 Å². The second-order valence-electron chi connectivity index (χ2n) is 8.31. The van der Waals surface area contributed by atoms with Crippen LogP contribution in [0, 0.1) is 5.92 Å². The number of aromatic nitrogens is 2. The summed E-state index contributed by atoms with van der Waals surface area (Å²) in [5.74, 6) is 1.82. The summed E-state index contributed by atoms with van der Waals surface area (Å²) >= 11 is 12.1. The highest BCUT2D eigenvalue weighted by molar-refractivity contribution is 6.42. The van der Waals surface area contributed by atoms with Gasteiger partial charge in [0, 0.05) is 24.3 Å². The predicted octanol–water partition coefficient (Wildman–Crippen LogP) is 4.48. The topological polar surface area (TPSA) is 88.2 Å². The van der Waals surface area contributed by atoms with E-state index >= 15 is 0 Å². The van der Waals surface area contributed by atoms with Gasteiger partial charge in [-0.3, -0.25) is 0 Å². The molecule has 2 aromatic carbocycles. The second-order valence-corrected chi connectivity index (χ2v) is 9.12. The molecule has 4 rings (SSSR count). The summed E-state index contributed by atoms with van der Waals surface area (Å²) in [7, 11) is 1.63. The molecule has 1 saturated heterocycles. The first-order chi connectivity index (χ1) is 16.5. The van der Waals surface area contributed by atoms with Crippen LogP contribution in [0.25, 0.3) is 11.3 Å². The lowest BCUT2D eigenvalue weighted by Crippen LogP contribution is -2.42. The number of nitrogens with one attached hydrogen (secondary N) is 3. The van der Waals surface area contributed by atoms with Crippen LogP contribution in [0.5, 0.6) is 5.75 Å². The van der Waals surface area contributed by atoms with E-state index in [4.69, 9.17) is 27.9 Å². The molecule has 1 fully saturated rings. The summed E-state index contributed by atoms with van der Waals surface area (Å²) < 4.78 is 5.19.